The van der Waals surface area contributed by atoms with Crippen molar-refractivity contribution in [2.75, 3.05) is 44.7 Å². The molecule has 0 radical (unpaired) electrons. The molecule has 9 heteroatoms. The maximum atomic E-state index is 12.2. The molecule has 0 unspecified atom stereocenters. The maximum Gasteiger partial charge on any atom is 0.252 e. The van der Waals surface area contributed by atoms with Crippen molar-refractivity contribution in [1.29, 1.82) is 0 Å². The number of morpholine rings is 1. The van der Waals surface area contributed by atoms with Gasteiger partial charge in [-0.1, -0.05) is 0 Å². The van der Waals surface area contributed by atoms with Gasteiger partial charge in [-0.25, -0.2) is 9.97 Å². The number of fused-ring (bicyclic) bond motifs is 1. The topological polar surface area (TPSA) is 92.3 Å². The summed E-state index contributed by atoms with van der Waals surface area (Å²) in [6.07, 6.45) is 3.21. The number of pyridine rings is 1. The normalized spacial score (nSPS) is 14.7. The van der Waals surface area contributed by atoms with Gasteiger partial charge < -0.3 is 15.4 Å². The van der Waals surface area contributed by atoms with Crippen LogP contribution in [-0.4, -0.2) is 65.2 Å². The monoisotopic (exact) mass is 426 g/mol. The number of hydrogen-bond donors (Lipinski definition) is 2. The van der Waals surface area contributed by atoms with Crippen molar-refractivity contribution in [3.8, 4) is 0 Å². The summed E-state index contributed by atoms with van der Waals surface area (Å²) in [7, 11) is 0. The molecule has 0 aliphatic carbocycles. The van der Waals surface area contributed by atoms with Gasteiger partial charge in [-0.05, 0) is 31.5 Å². The number of carbonyl (C=O) groups excluding carboxylic acids is 1. The predicted octanol–water partition coefficient (Wildman–Crippen LogP) is 2.38. The standard InChI is InChI=1S/C21H26N6O2S/c1-14-15(2)30-21-18(14)19(25-17(26-21)13-27-8-10-29-11-9-27)23-6-7-24-20(28)16-4-3-5-22-12-16/h3-5,12H,6-11,13H2,1-2H3,(H,24,28)(H,23,25,26). The first-order valence-electron chi connectivity index (χ1n) is 10.1. The largest absolute Gasteiger partial charge is 0.379 e. The van der Waals surface area contributed by atoms with E-state index in [0.717, 1.165) is 48.2 Å². The molecule has 158 valence electrons. The van der Waals surface area contributed by atoms with E-state index in [-0.39, 0.29) is 5.91 Å². The van der Waals surface area contributed by atoms with Crippen LogP contribution in [0.2, 0.25) is 0 Å². The second-order valence-corrected chi connectivity index (χ2v) is 8.47. The van der Waals surface area contributed by atoms with Crippen molar-refractivity contribution in [2.24, 2.45) is 0 Å². The van der Waals surface area contributed by atoms with Crippen molar-refractivity contribution in [3.63, 3.8) is 0 Å². The van der Waals surface area contributed by atoms with Crippen LogP contribution >= 0.6 is 11.3 Å². The van der Waals surface area contributed by atoms with Crippen LogP contribution in [-0.2, 0) is 11.3 Å². The highest BCUT2D eigenvalue weighted by atomic mass is 32.1. The molecule has 1 saturated heterocycles. The Labute approximate surface area is 179 Å². The lowest BCUT2D eigenvalue weighted by Gasteiger charge is -2.25. The molecule has 0 bridgehead atoms. The Morgan fingerprint density at radius 3 is 2.83 bits per heavy atom. The smallest absolute Gasteiger partial charge is 0.252 e. The number of amides is 1. The zero-order chi connectivity index (χ0) is 20.9. The van der Waals surface area contributed by atoms with Gasteiger partial charge in [-0.3, -0.25) is 14.7 Å². The van der Waals surface area contributed by atoms with E-state index in [1.807, 2.05) is 0 Å². The van der Waals surface area contributed by atoms with Gasteiger partial charge in [0.05, 0.1) is 30.7 Å². The molecular weight excluding hydrogens is 400 g/mol. The molecule has 1 aliphatic rings. The summed E-state index contributed by atoms with van der Waals surface area (Å²) in [6.45, 7) is 9.28. The van der Waals surface area contributed by atoms with Crippen LogP contribution in [0.4, 0.5) is 5.82 Å². The van der Waals surface area contributed by atoms with Crippen LogP contribution in [0.5, 0.6) is 0 Å². The quantitative estimate of drug-likeness (QED) is 0.561. The highest BCUT2D eigenvalue weighted by Gasteiger charge is 2.17. The number of ether oxygens (including phenoxy) is 1. The Balaban J connectivity index is 1.45. The van der Waals surface area contributed by atoms with E-state index in [1.165, 1.54) is 10.4 Å². The first-order valence-corrected chi connectivity index (χ1v) is 10.9. The lowest BCUT2D eigenvalue weighted by atomic mass is 10.2. The van der Waals surface area contributed by atoms with Crippen molar-refractivity contribution in [2.45, 2.75) is 20.4 Å². The van der Waals surface area contributed by atoms with Gasteiger partial charge in [0, 0.05) is 43.4 Å². The van der Waals surface area contributed by atoms with Crippen LogP contribution in [0.3, 0.4) is 0 Å². The van der Waals surface area contributed by atoms with Crippen LogP contribution in [0.1, 0.15) is 26.6 Å². The number of aromatic nitrogens is 3. The van der Waals surface area contributed by atoms with Gasteiger partial charge in [0.15, 0.2) is 0 Å². The molecule has 3 aromatic heterocycles. The van der Waals surface area contributed by atoms with Gasteiger partial charge in [0.1, 0.15) is 16.5 Å². The Morgan fingerprint density at radius 2 is 2.07 bits per heavy atom. The SMILES string of the molecule is Cc1sc2nc(CN3CCOCC3)nc(NCCNC(=O)c3cccnc3)c2c1C. The predicted molar refractivity (Wildman–Crippen MR) is 118 cm³/mol. The van der Waals surface area contributed by atoms with E-state index in [0.29, 0.717) is 25.2 Å². The molecule has 0 spiro atoms. The summed E-state index contributed by atoms with van der Waals surface area (Å²) in [4.78, 5) is 30.4. The number of thiophene rings is 1. The minimum absolute atomic E-state index is 0.131. The summed E-state index contributed by atoms with van der Waals surface area (Å²) in [6, 6.07) is 3.50. The third-order valence-corrected chi connectivity index (χ3v) is 6.27. The van der Waals surface area contributed by atoms with E-state index in [1.54, 1.807) is 35.9 Å². The zero-order valence-electron chi connectivity index (χ0n) is 17.3. The highest BCUT2D eigenvalue weighted by Crippen LogP contribution is 2.33. The number of nitrogens with zero attached hydrogens (tertiary/aromatic N) is 4. The molecule has 0 saturated carbocycles. The molecule has 1 aliphatic heterocycles. The van der Waals surface area contributed by atoms with Crippen LogP contribution in [0, 0.1) is 13.8 Å². The molecule has 0 aromatic carbocycles. The number of rotatable bonds is 7. The first-order chi connectivity index (χ1) is 14.6. The zero-order valence-corrected chi connectivity index (χ0v) is 18.1. The Hall–Kier alpha value is -2.62. The Morgan fingerprint density at radius 1 is 1.23 bits per heavy atom. The Bertz CT molecular complexity index is 1020. The van der Waals surface area contributed by atoms with Crippen molar-refractivity contribution in [3.05, 3.63) is 46.4 Å². The lowest BCUT2D eigenvalue weighted by molar-refractivity contribution is 0.0331. The lowest BCUT2D eigenvalue weighted by Crippen LogP contribution is -2.36. The van der Waals surface area contributed by atoms with E-state index in [2.05, 4.69) is 34.4 Å². The molecular formula is C21H26N6O2S. The fourth-order valence-electron chi connectivity index (χ4n) is 3.41. The number of hydrogen-bond acceptors (Lipinski definition) is 8. The molecule has 4 rings (SSSR count). The summed E-state index contributed by atoms with van der Waals surface area (Å²) >= 11 is 1.70. The van der Waals surface area contributed by atoms with Crippen molar-refractivity contribution < 1.29 is 9.53 Å². The fourth-order valence-corrected chi connectivity index (χ4v) is 4.46. The van der Waals surface area contributed by atoms with Gasteiger partial charge in [-0.15, -0.1) is 11.3 Å². The fraction of sp³-hybridized carbons (Fsp3) is 0.429. The molecule has 1 fully saturated rings. The molecule has 1 amide bonds. The minimum atomic E-state index is -0.131. The summed E-state index contributed by atoms with van der Waals surface area (Å²) in [5.74, 6) is 1.52. The molecule has 0 atom stereocenters. The van der Waals surface area contributed by atoms with Gasteiger partial charge in [0.2, 0.25) is 0 Å². The van der Waals surface area contributed by atoms with Crippen molar-refractivity contribution in [1.82, 2.24) is 25.2 Å². The van der Waals surface area contributed by atoms with E-state index < -0.39 is 0 Å². The van der Waals surface area contributed by atoms with Crippen LogP contribution in [0.15, 0.2) is 24.5 Å². The van der Waals surface area contributed by atoms with Gasteiger partial charge >= 0.3 is 0 Å². The molecule has 8 nitrogen and oxygen atoms in total. The molecule has 3 aromatic rings. The number of anilines is 1. The van der Waals surface area contributed by atoms with Crippen molar-refractivity contribution >= 4 is 33.3 Å². The van der Waals surface area contributed by atoms with Gasteiger partial charge in [-0.2, -0.15) is 0 Å². The number of carbonyl (C=O) groups is 1. The molecule has 30 heavy (non-hydrogen) atoms. The van der Waals surface area contributed by atoms with E-state index >= 15 is 0 Å². The highest BCUT2D eigenvalue weighted by molar-refractivity contribution is 7.18. The number of nitrogens with one attached hydrogen (secondary N) is 2. The summed E-state index contributed by atoms with van der Waals surface area (Å²) < 4.78 is 5.44. The van der Waals surface area contributed by atoms with Crippen LogP contribution < -0.4 is 10.6 Å². The second-order valence-electron chi connectivity index (χ2n) is 7.26. The van der Waals surface area contributed by atoms with Crippen LogP contribution in [0.25, 0.3) is 10.2 Å². The summed E-state index contributed by atoms with van der Waals surface area (Å²) in [5.41, 5.74) is 1.76. The average molecular weight is 427 g/mol. The molecule has 2 N–H and O–H groups in total. The third-order valence-electron chi connectivity index (χ3n) is 5.17. The summed E-state index contributed by atoms with van der Waals surface area (Å²) in [5, 5.41) is 7.39. The van der Waals surface area contributed by atoms with Gasteiger partial charge in [0.25, 0.3) is 5.91 Å². The number of aryl methyl sites for hydroxylation is 2. The second kappa shape index (κ2) is 9.46. The average Bonchev–Trinajstić information content (AvgIpc) is 3.06. The molecule has 4 heterocycles. The van der Waals surface area contributed by atoms with E-state index in [4.69, 9.17) is 14.7 Å². The third kappa shape index (κ3) is 4.75. The Kier molecular flexibility index (Phi) is 6.51. The minimum Gasteiger partial charge on any atom is -0.379 e. The van der Waals surface area contributed by atoms with E-state index in [9.17, 15) is 4.79 Å². The maximum absolute atomic E-state index is 12.2. The first kappa shape index (κ1) is 20.6.